The molecule has 1 aromatic carbocycles. The summed E-state index contributed by atoms with van der Waals surface area (Å²) in [4.78, 5) is 0.337. The molecule has 0 aliphatic carbocycles. The summed E-state index contributed by atoms with van der Waals surface area (Å²) in [5, 5.41) is 3.89. The molecule has 2 saturated heterocycles. The van der Waals surface area contributed by atoms with Crippen molar-refractivity contribution >= 4 is 21.6 Å². The average molecular weight is 315 g/mol. The Labute approximate surface area is 125 Å². The first-order valence-electron chi connectivity index (χ1n) is 6.98. The van der Waals surface area contributed by atoms with Gasteiger partial charge < -0.3 is 5.32 Å². The van der Waals surface area contributed by atoms with Gasteiger partial charge in [0.15, 0.2) is 0 Å². The summed E-state index contributed by atoms with van der Waals surface area (Å²) < 4.78 is 27.2. The zero-order valence-corrected chi connectivity index (χ0v) is 13.0. The third-order valence-corrected chi connectivity index (χ3v) is 6.54. The Hall–Kier alpha value is -0.620. The molecule has 4 nitrogen and oxygen atoms in total. The normalized spacial score (nSPS) is 27.5. The lowest BCUT2D eigenvalue weighted by Crippen LogP contribution is -2.41. The smallest absolute Gasteiger partial charge is 0.243 e. The number of hydrogen-bond acceptors (Lipinski definition) is 3. The van der Waals surface area contributed by atoms with Crippen LogP contribution >= 0.6 is 11.6 Å². The van der Waals surface area contributed by atoms with Crippen LogP contribution in [0.1, 0.15) is 18.4 Å². The fourth-order valence-corrected chi connectivity index (χ4v) is 5.20. The topological polar surface area (TPSA) is 49.4 Å². The molecule has 20 heavy (non-hydrogen) atoms. The Morgan fingerprint density at radius 1 is 1.35 bits per heavy atom. The minimum Gasteiger partial charge on any atom is -0.312 e. The fraction of sp³-hybridized carbons (Fsp3) is 0.571. The average Bonchev–Trinajstić information content (AvgIpc) is 2.86. The molecule has 0 spiro atoms. The highest BCUT2D eigenvalue weighted by atomic mass is 35.5. The molecule has 1 aromatic rings. The summed E-state index contributed by atoms with van der Waals surface area (Å²) in [5.41, 5.74) is 0.747. The van der Waals surface area contributed by atoms with Crippen molar-refractivity contribution in [2.75, 3.05) is 19.6 Å². The van der Waals surface area contributed by atoms with Crippen LogP contribution in [0.25, 0.3) is 0 Å². The van der Waals surface area contributed by atoms with Gasteiger partial charge in [-0.15, -0.1) is 0 Å². The summed E-state index contributed by atoms with van der Waals surface area (Å²) >= 11 is 5.96. The molecule has 1 N–H and O–H groups in total. The van der Waals surface area contributed by atoms with E-state index in [2.05, 4.69) is 5.32 Å². The Balaban J connectivity index is 1.91. The summed E-state index contributed by atoms with van der Waals surface area (Å²) in [6.07, 6.45) is 2.24. The second-order valence-electron chi connectivity index (χ2n) is 5.69. The van der Waals surface area contributed by atoms with E-state index in [1.54, 1.807) is 22.5 Å². The van der Waals surface area contributed by atoms with E-state index in [-0.39, 0.29) is 0 Å². The minimum atomic E-state index is -3.44. The van der Waals surface area contributed by atoms with Gasteiger partial charge in [0.05, 0.1) is 4.90 Å². The van der Waals surface area contributed by atoms with E-state index in [4.69, 9.17) is 11.6 Å². The minimum absolute atomic E-state index is 0.304. The highest BCUT2D eigenvalue weighted by Crippen LogP contribution is 2.31. The lowest BCUT2D eigenvalue weighted by molar-refractivity contribution is 0.339. The number of aryl methyl sites for hydroxylation is 1. The van der Waals surface area contributed by atoms with Gasteiger partial charge in [-0.05, 0) is 49.9 Å². The number of nitrogens with zero attached hydrogens (tertiary/aromatic N) is 1. The molecule has 0 saturated carbocycles. The Morgan fingerprint density at radius 3 is 2.90 bits per heavy atom. The molecule has 0 unspecified atom stereocenters. The SMILES string of the molecule is Cc1ccc(Cl)cc1S(=O)(=O)N1C[C@@H]2CCCN[C@@H]2C1. The second-order valence-corrected chi connectivity index (χ2v) is 8.04. The number of rotatable bonds is 2. The predicted octanol–water partition coefficient (Wildman–Crippen LogP) is 2.02. The highest BCUT2D eigenvalue weighted by Gasteiger charge is 2.40. The van der Waals surface area contributed by atoms with Crippen LogP contribution in [0.2, 0.25) is 5.02 Å². The Bertz CT molecular complexity index is 604. The summed E-state index contributed by atoms with van der Waals surface area (Å²) in [6, 6.07) is 5.34. The molecule has 2 heterocycles. The molecule has 110 valence electrons. The molecule has 0 radical (unpaired) electrons. The summed E-state index contributed by atoms with van der Waals surface area (Å²) in [7, 11) is -3.44. The van der Waals surface area contributed by atoms with Crippen molar-refractivity contribution in [2.45, 2.75) is 30.7 Å². The zero-order chi connectivity index (χ0) is 14.3. The third-order valence-electron chi connectivity index (χ3n) is 4.33. The van der Waals surface area contributed by atoms with Crippen molar-refractivity contribution < 1.29 is 8.42 Å². The van der Waals surface area contributed by atoms with Crippen molar-refractivity contribution in [1.82, 2.24) is 9.62 Å². The molecule has 3 rings (SSSR count). The van der Waals surface area contributed by atoms with Gasteiger partial charge in [-0.2, -0.15) is 4.31 Å². The van der Waals surface area contributed by atoms with E-state index in [9.17, 15) is 8.42 Å². The number of sulfonamides is 1. The lowest BCUT2D eigenvalue weighted by atomic mass is 9.94. The van der Waals surface area contributed by atoms with Gasteiger partial charge in [-0.1, -0.05) is 17.7 Å². The van der Waals surface area contributed by atoms with Gasteiger partial charge in [0, 0.05) is 24.2 Å². The van der Waals surface area contributed by atoms with Crippen molar-refractivity contribution in [2.24, 2.45) is 5.92 Å². The largest absolute Gasteiger partial charge is 0.312 e. The monoisotopic (exact) mass is 314 g/mol. The molecule has 2 aliphatic heterocycles. The number of fused-ring (bicyclic) bond motifs is 1. The standard InChI is InChI=1S/C14H19ClN2O2S/c1-10-4-5-12(15)7-14(10)20(18,19)17-8-11-3-2-6-16-13(11)9-17/h4-5,7,11,13,16H,2-3,6,8-9H2,1H3/t11-,13+/m0/s1. The van der Waals surface area contributed by atoms with E-state index >= 15 is 0 Å². The number of nitrogens with one attached hydrogen (secondary N) is 1. The van der Waals surface area contributed by atoms with Gasteiger partial charge in [0.2, 0.25) is 10.0 Å². The summed E-state index contributed by atoms with van der Waals surface area (Å²) in [5.74, 6) is 0.443. The number of benzene rings is 1. The highest BCUT2D eigenvalue weighted by molar-refractivity contribution is 7.89. The second kappa shape index (κ2) is 5.30. The van der Waals surface area contributed by atoms with Gasteiger partial charge in [0.1, 0.15) is 0 Å². The van der Waals surface area contributed by atoms with Crippen LogP contribution in [-0.2, 0) is 10.0 Å². The van der Waals surface area contributed by atoms with Gasteiger partial charge >= 0.3 is 0 Å². The number of piperidine rings is 1. The fourth-order valence-electron chi connectivity index (χ4n) is 3.19. The maximum absolute atomic E-state index is 12.8. The first kappa shape index (κ1) is 14.3. The van der Waals surface area contributed by atoms with Gasteiger partial charge in [-0.3, -0.25) is 0 Å². The van der Waals surface area contributed by atoms with E-state index in [0.717, 1.165) is 24.9 Å². The van der Waals surface area contributed by atoms with E-state index in [1.807, 2.05) is 6.92 Å². The molecule has 2 atom stereocenters. The van der Waals surface area contributed by atoms with Crippen LogP contribution in [0.3, 0.4) is 0 Å². The number of halogens is 1. The molecule has 2 fully saturated rings. The number of hydrogen-bond donors (Lipinski definition) is 1. The molecular weight excluding hydrogens is 296 g/mol. The van der Waals surface area contributed by atoms with Crippen LogP contribution in [0.15, 0.2) is 23.1 Å². The van der Waals surface area contributed by atoms with Gasteiger partial charge in [0.25, 0.3) is 0 Å². The zero-order valence-electron chi connectivity index (χ0n) is 11.5. The van der Waals surface area contributed by atoms with E-state index in [0.29, 0.717) is 35.0 Å². The quantitative estimate of drug-likeness (QED) is 0.908. The molecule has 0 aromatic heterocycles. The first-order chi connectivity index (χ1) is 9.48. The van der Waals surface area contributed by atoms with Crippen LogP contribution in [0, 0.1) is 12.8 Å². The van der Waals surface area contributed by atoms with Crippen LogP contribution in [0.5, 0.6) is 0 Å². The first-order valence-corrected chi connectivity index (χ1v) is 8.80. The maximum atomic E-state index is 12.8. The molecule has 2 aliphatic rings. The van der Waals surface area contributed by atoms with Crippen LogP contribution < -0.4 is 5.32 Å². The molecule has 0 amide bonds. The lowest BCUT2D eigenvalue weighted by Gasteiger charge is -2.24. The van der Waals surface area contributed by atoms with E-state index < -0.39 is 10.0 Å². The third kappa shape index (κ3) is 2.48. The molecule has 0 bridgehead atoms. The molecule has 6 heteroatoms. The van der Waals surface area contributed by atoms with Gasteiger partial charge in [-0.25, -0.2) is 8.42 Å². The Kier molecular flexibility index (Phi) is 3.79. The van der Waals surface area contributed by atoms with Crippen molar-refractivity contribution in [3.63, 3.8) is 0 Å². The van der Waals surface area contributed by atoms with E-state index in [1.165, 1.54) is 0 Å². The van der Waals surface area contributed by atoms with Crippen LogP contribution in [-0.4, -0.2) is 38.4 Å². The molecular formula is C14H19ClN2O2S. The van der Waals surface area contributed by atoms with Crippen molar-refractivity contribution in [3.05, 3.63) is 28.8 Å². The summed E-state index contributed by atoms with van der Waals surface area (Å²) in [6.45, 7) is 3.99. The van der Waals surface area contributed by atoms with Crippen molar-refractivity contribution in [1.29, 1.82) is 0 Å². The van der Waals surface area contributed by atoms with Crippen molar-refractivity contribution in [3.8, 4) is 0 Å². The Morgan fingerprint density at radius 2 is 2.15 bits per heavy atom. The maximum Gasteiger partial charge on any atom is 0.243 e. The predicted molar refractivity (Wildman–Crippen MR) is 79.5 cm³/mol. The van der Waals surface area contributed by atoms with Crippen LogP contribution in [0.4, 0.5) is 0 Å².